The van der Waals surface area contributed by atoms with E-state index in [1.165, 1.54) is 0 Å². The van der Waals surface area contributed by atoms with Crippen molar-refractivity contribution in [1.82, 2.24) is 24.1 Å². The summed E-state index contributed by atoms with van der Waals surface area (Å²) in [6.07, 6.45) is 0. The second kappa shape index (κ2) is 16.6. The number of furan rings is 2. The molecular weight excluding hydrogens is 931 g/mol. The van der Waals surface area contributed by atoms with Crippen LogP contribution in [0.2, 0.25) is 0 Å². The van der Waals surface area contributed by atoms with Crippen molar-refractivity contribution in [1.29, 1.82) is 0 Å². The van der Waals surface area contributed by atoms with E-state index < -0.39 is 0 Å². The number of aromatic nitrogens is 5. The van der Waals surface area contributed by atoms with Gasteiger partial charge in [-0.05, 0) is 76.9 Å². The molecule has 0 aliphatic rings. The van der Waals surface area contributed by atoms with Gasteiger partial charge in [-0.1, -0.05) is 194 Å². The van der Waals surface area contributed by atoms with Crippen molar-refractivity contribution in [3.8, 4) is 67.8 Å². The topological polar surface area (TPSA) is 74.8 Å². The highest BCUT2D eigenvalue weighted by Gasteiger charge is 2.26. The standard InChI is InChI=1S/C69H41N5O2/c1-4-17-42(18-5-1)44-21-14-22-47(39-44)68-70-67(43-19-6-2-7-20-43)71-69(72-68)74-60-38-34-46(50-28-16-30-56-52-26-11-13-32-62(52)76-66(50)56)41-58(60)54-36-35-53-57-40-45(49-27-15-29-55-51-25-10-12-31-61(51)75-65(49)55)33-37-59(57)73(63(53)64(54)74)48-23-8-3-9-24-48/h1-41H. The third-order valence-electron chi connectivity index (χ3n) is 15.2. The number of benzene rings is 11. The summed E-state index contributed by atoms with van der Waals surface area (Å²) in [6.45, 7) is 0. The first-order valence-electron chi connectivity index (χ1n) is 25.6. The minimum atomic E-state index is 0.510. The van der Waals surface area contributed by atoms with Crippen molar-refractivity contribution >= 4 is 87.5 Å². The Labute approximate surface area is 434 Å². The highest BCUT2D eigenvalue weighted by Crippen LogP contribution is 2.46. The average Bonchev–Trinajstić information content (AvgIpc) is 4.29. The van der Waals surface area contributed by atoms with Crippen molar-refractivity contribution in [3.05, 3.63) is 249 Å². The lowest BCUT2D eigenvalue weighted by Gasteiger charge is -2.13. The van der Waals surface area contributed by atoms with E-state index in [0.717, 1.165) is 138 Å². The molecular formula is C69H41N5O2. The van der Waals surface area contributed by atoms with Crippen molar-refractivity contribution < 1.29 is 8.83 Å². The molecule has 0 fully saturated rings. The van der Waals surface area contributed by atoms with Crippen LogP contribution in [0.4, 0.5) is 0 Å². The second-order valence-electron chi connectivity index (χ2n) is 19.5. The van der Waals surface area contributed by atoms with Crippen LogP contribution in [0.25, 0.3) is 155 Å². The molecule has 0 atom stereocenters. The molecule has 5 heterocycles. The maximum Gasteiger partial charge on any atom is 0.238 e. The summed E-state index contributed by atoms with van der Waals surface area (Å²) in [5.74, 6) is 1.66. The van der Waals surface area contributed by atoms with Gasteiger partial charge in [0, 0.05) is 71.0 Å². The molecule has 0 aliphatic carbocycles. The zero-order valence-corrected chi connectivity index (χ0v) is 40.7. The van der Waals surface area contributed by atoms with Crippen molar-refractivity contribution in [2.24, 2.45) is 0 Å². The summed E-state index contributed by atoms with van der Waals surface area (Å²) in [4.78, 5) is 16.2. The lowest BCUT2D eigenvalue weighted by molar-refractivity contribution is 0.669. The quantitative estimate of drug-likeness (QED) is 0.159. The molecule has 0 radical (unpaired) electrons. The Bertz CT molecular complexity index is 4990. The lowest BCUT2D eigenvalue weighted by atomic mass is 9.99. The third-order valence-corrected chi connectivity index (χ3v) is 15.2. The van der Waals surface area contributed by atoms with Gasteiger partial charge in [0.2, 0.25) is 5.95 Å². The molecule has 0 saturated heterocycles. The first-order valence-corrected chi connectivity index (χ1v) is 25.6. The zero-order valence-electron chi connectivity index (χ0n) is 40.7. The summed E-state index contributed by atoms with van der Waals surface area (Å²) in [7, 11) is 0. The molecule has 7 heteroatoms. The Balaban J connectivity index is 1.02. The van der Waals surface area contributed by atoms with Crippen LogP contribution in [0.3, 0.4) is 0 Å². The van der Waals surface area contributed by atoms with E-state index in [9.17, 15) is 0 Å². The van der Waals surface area contributed by atoms with Crippen LogP contribution in [0.1, 0.15) is 0 Å². The fourth-order valence-electron chi connectivity index (χ4n) is 11.7. The summed E-state index contributed by atoms with van der Waals surface area (Å²) in [6, 6.07) is 87.4. The number of nitrogens with zero attached hydrogens (tertiary/aromatic N) is 5. The van der Waals surface area contributed by atoms with Gasteiger partial charge in [-0.3, -0.25) is 4.57 Å². The SMILES string of the molecule is c1ccc(-c2cccc(-c3nc(-c4ccccc4)nc(-n4c5ccc(-c6cccc7c6oc6ccccc67)cc5c5ccc6c7cc(-c8cccc9c8oc8ccccc89)ccc7n(-c7ccccc7)c6c54)n3)c2)cc1. The van der Waals surface area contributed by atoms with Gasteiger partial charge in [0.05, 0.1) is 22.1 Å². The largest absolute Gasteiger partial charge is 0.455 e. The number of fused-ring (bicyclic) bond motifs is 13. The number of para-hydroxylation sites is 5. The monoisotopic (exact) mass is 971 g/mol. The molecule has 0 unspecified atom stereocenters. The van der Waals surface area contributed by atoms with Crippen LogP contribution in [-0.4, -0.2) is 24.1 Å². The summed E-state index contributed by atoms with van der Waals surface area (Å²) < 4.78 is 18.0. The van der Waals surface area contributed by atoms with E-state index in [-0.39, 0.29) is 0 Å². The van der Waals surface area contributed by atoms with Gasteiger partial charge in [0.1, 0.15) is 22.3 Å². The van der Waals surface area contributed by atoms with E-state index in [1.54, 1.807) is 0 Å². The summed E-state index contributed by atoms with van der Waals surface area (Å²) >= 11 is 0. The Hall–Kier alpha value is -10.4. The predicted octanol–water partition coefficient (Wildman–Crippen LogP) is 18.2. The molecule has 0 saturated carbocycles. The van der Waals surface area contributed by atoms with Crippen LogP contribution in [0, 0.1) is 0 Å². The highest BCUT2D eigenvalue weighted by atomic mass is 16.3. The smallest absolute Gasteiger partial charge is 0.238 e. The third kappa shape index (κ3) is 6.46. The Kier molecular flexibility index (Phi) is 9.20. The van der Waals surface area contributed by atoms with Gasteiger partial charge >= 0.3 is 0 Å². The Morgan fingerprint density at radius 3 is 1.34 bits per heavy atom. The minimum absolute atomic E-state index is 0.510. The van der Waals surface area contributed by atoms with Gasteiger partial charge in [-0.2, -0.15) is 9.97 Å². The average molecular weight is 972 g/mol. The first kappa shape index (κ1) is 42.2. The molecule has 0 N–H and O–H groups in total. The van der Waals surface area contributed by atoms with Gasteiger partial charge in [-0.15, -0.1) is 0 Å². The molecule has 354 valence electrons. The van der Waals surface area contributed by atoms with E-state index in [1.807, 2.05) is 48.5 Å². The number of hydrogen-bond donors (Lipinski definition) is 0. The fourth-order valence-corrected chi connectivity index (χ4v) is 11.7. The van der Waals surface area contributed by atoms with Gasteiger partial charge in [-0.25, -0.2) is 4.98 Å². The van der Waals surface area contributed by atoms with Crippen molar-refractivity contribution in [2.75, 3.05) is 0 Å². The molecule has 0 spiro atoms. The molecule has 16 aromatic rings. The highest BCUT2D eigenvalue weighted by molar-refractivity contribution is 6.25. The van der Waals surface area contributed by atoms with Gasteiger partial charge < -0.3 is 13.4 Å². The van der Waals surface area contributed by atoms with Crippen molar-refractivity contribution in [2.45, 2.75) is 0 Å². The van der Waals surface area contributed by atoms with Crippen LogP contribution >= 0.6 is 0 Å². The number of rotatable bonds is 7. The van der Waals surface area contributed by atoms with Crippen LogP contribution in [-0.2, 0) is 0 Å². The van der Waals surface area contributed by atoms with E-state index in [4.69, 9.17) is 23.8 Å². The molecule has 11 aromatic carbocycles. The Morgan fingerprint density at radius 1 is 0.276 bits per heavy atom. The molecule has 0 bridgehead atoms. The first-order chi connectivity index (χ1) is 37.7. The maximum atomic E-state index is 6.65. The molecule has 5 aromatic heterocycles. The maximum absolute atomic E-state index is 6.65. The van der Waals surface area contributed by atoms with Crippen molar-refractivity contribution in [3.63, 3.8) is 0 Å². The van der Waals surface area contributed by atoms with Crippen LogP contribution < -0.4 is 0 Å². The summed E-state index contributed by atoms with van der Waals surface area (Å²) in [5.41, 5.74) is 16.7. The van der Waals surface area contributed by atoms with Gasteiger partial charge in [0.25, 0.3) is 0 Å². The van der Waals surface area contributed by atoms with E-state index >= 15 is 0 Å². The molecule has 76 heavy (non-hydrogen) atoms. The zero-order chi connectivity index (χ0) is 49.8. The molecule has 0 amide bonds. The second-order valence-corrected chi connectivity index (χ2v) is 19.5. The lowest BCUT2D eigenvalue weighted by Crippen LogP contribution is -2.07. The van der Waals surface area contributed by atoms with E-state index in [2.05, 4.69) is 209 Å². The summed E-state index contributed by atoms with van der Waals surface area (Å²) in [5, 5.41) is 8.70. The number of hydrogen-bond acceptors (Lipinski definition) is 5. The normalized spacial score (nSPS) is 11.9. The molecule has 7 nitrogen and oxygen atoms in total. The molecule has 16 rings (SSSR count). The predicted molar refractivity (Wildman–Crippen MR) is 310 cm³/mol. The van der Waals surface area contributed by atoms with E-state index in [0.29, 0.717) is 17.6 Å². The molecule has 0 aliphatic heterocycles. The van der Waals surface area contributed by atoms with Crippen LogP contribution in [0.5, 0.6) is 0 Å². The fraction of sp³-hybridized carbons (Fsp3) is 0. The minimum Gasteiger partial charge on any atom is -0.455 e. The van der Waals surface area contributed by atoms with Gasteiger partial charge in [0.15, 0.2) is 11.6 Å². The van der Waals surface area contributed by atoms with Crippen LogP contribution in [0.15, 0.2) is 258 Å². The Morgan fingerprint density at radius 2 is 0.737 bits per heavy atom.